The lowest BCUT2D eigenvalue weighted by atomic mass is 10.1. The molecule has 1 saturated heterocycles. The molecule has 0 saturated carbocycles. The molecule has 13 heteroatoms. The highest BCUT2D eigenvalue weighted by Gasteiger charge is 2.26. The molecule has 1 aliphatic heterocycles. The highest BCUT2D eigenvalue weighted by molar-refractivity contribution is 6.02. The van der Waals surface area contributed by atoms with Gasteiger partial charge in [0.05, 0.1) is 19.8 Å². The topological polar surface area (TPSA) is 129 Å². The Morgan fingerprint density at radius 1 is 1.00 bits per heavy atom. The SMILES string of the molecule is COc1ccc(Cn2nc(N3CCC(O)CC3)c3c(Oc4ccc(NC(=O)c5cccc(-c6ccc(F)cc6)[n+]5[O-])cc4F)ccnc32)cc1. The Labute approximate surface area is 285 Å². The minimum absolute atomic E-state index is 0.101. The Balaban J connectivity index is 1.16. The van der Waals surface area contributed by atoms with E-state index in [1.807, 2.05) is 24.3 Å². The average molecular weight is 679 g/mol. The van der Waals surface area contributed by atoms with Crippen molar-refractivity contribution < 1.29 is 32.9 Å². The van der Waals surface area contributed by atoms with Crippen LogP contribution in [0.25, 0.3) is 22.3 Å². The Morgan fingerprint density at radius 2 is 1.76 bits per heavy atom. The number of amides is 1. The molecular formula is C37H32F2N6O5. The summed E-state index contributed by atoms with van der Waals surface area (Å²) >= 11 is 0. The fraction of sp³-hybridized carbons (Fsp3) is 0.189. The van der Waals surface area contributed by atoms with Crippen LogP contribution in [0, 0.1) is 16.8 Å². The number of hydrogen-bond donors (Lipinski definition) is 2. The van der Waals surface area contributed by atoms with Crippen molar-refractivity contribution in [1.29, 1.82) is 0 Å². The zero-order valence-corrected chi connectivity index (χ0v) is 26.9. The summed E-state index contributed by atoms with van der Waals surface area (Å²) in [6.45, 7) is 1.55. The quantitative estimate of drug-likeness (QED) is 0.139. The van der Waals surface area contributed by atoms with Gasteiger partial charge >= 0.3 is 5.91 Å². The summed E-state index contributed by atoms with van der Waals surface area (Å²) in [5, 5.41) is 31.2. The minimum Gasteiger partial charge on any atom is -0.618 e. The first-order valence-corrected chi connectivity index (χ1v) is 16.0. The van der Waals surface area contributed by atoms with Gasteiger partial charge in [0.25, 0.3) is 5.69 Å². The molecule has 1 fully saturated rings. The average Bonchev–Trinajstić information content (AvgIpc) is 3.49. The first kappa shape index (κ1) is 32.5. The van der Waals surface area contributed by atoms with E-state index in [1.165, 1.54) is 54.6 Å². The highest BCUT2D eigenvalue weighted by atomic mass is 19.1. The number of piperidine rings is 1. The van der Waals surface area contributed by atoms with Crippen molar-refractivity contribution in [3.8, 4) is 28.5 Å². The van der Waals surface area contributed by atoms with Crippen LogP contribution in [-0.2, 0) is 6.54 Å². The number of methoxy groups -OCH3 is 1. The molecule has 0 aliphatic carbocycles. The van der Waals surface area contributed by atoms with Crippen LogP contribution >= 0.6 is 0 Å². The Kier molecular flexibility index (Phi) is 8.96. The summed E-state index contributed by atoms with van der Waals surface area (Å²) in [5.41, 5.74) is 1.97. The van der Waals surface area contributed by atoms with E-state index in [0.29, 0.717) is 65.4 Å². The maximum Gasteiger partial charge on any atom is 0.321 e. The number of aromatic nitrogens is 4. The molecule has 50 heavy (non-hydrogen) atoms. The van der Waals surface area contributed by atoms with Crippen LogP contribution in [0.2, 0.25) is 0 Å². The Hall–Kier alpha value is -6.08. The number of fused-ring (bicyclic) bond motifs is 1. The van der Waals surface area contributed by atoms with Gasteiger partial charge in [0.1, 0.15) is 22.7 Å². The van der Waals surface area contributed by atoms with Gasteiger partial charge in [0, 0.05) is 54.8 Å². The third-order valence-corrected chi connectivity index (χ3v) is 8.56. The normalized spacial score (nSPS) is 13.4. The van der Waals surface area contributed by atoms with Crippen LogP contribution in [0.3, 0.4) is 0 Å². The molecule has 0 bridgehead atoms. The third-order valence-electron chi connectivity index (χ3n) is 8.56. The molecule has 1 amide bonds. The van der Waals surface area contributed by atoms with E-state index in [9.17, 15) is 19.5 Å². The van der Waals surface area contributed by atoms with Gasteiger partial charge in [0.2, 0.25) is 5.69 Å². The first-order valence-electron chi connectivity index (χ1n) is 16.0. The minimum atomic E-state index is -0.756. The molecule has 7 rings (SSSR count). The molecule has 0 spiro atoms. The summed E-state index contributed by atoms with van der Waals surface area (Å²) in [4.78, 5) is 19.8. The molecule has 0 radical (unpaired) electrons. The molecule has 11 nitrogen and oxygen atoms in total. The van der Waals surface area contributed by atoms with Gasteiger partial charge < -0.3 is 30.0 Å². The lowest BCUT2D eigenvalue weighted by Gasteiger charge is -2.30. The van der Waals surface area contributed by atoms with E-state index in [-0.39, 0.29) is 22.8 Å². The lowest BCUT2D eigenvalue weighted by Crippen LogP contribution is -2.38. The highest BCUT2D eigenvalue weighted by Crippen LogP contribution is 2.38. The van der Waals surface area contributed by atoms with Gasteiger partial charge in [-0.05, 0) is 73.0 Å². The van der Waals surface area contributed by atoms with Crippen molar-refractivity contribution in [2.24, 2.45) is 0 Å². The second-order valence-corrected chi connectivity index (χ2v) is 11.9. The van der Waals surface area contributed by atoms with Crippen molar-refractivity contribution >= 4 is 28.4 Å². The van der Waals surface area contributed by atoms with Crippen LogP contribution in [-0.4, -0.2) is 52.1 Å². The number of hydrogen-bond acceptors (Lipinski definition) is 8. The number of benzene rings is 3. The van der Waals surface area contributed by atoms with Gasteiger partial charge in [-0.3, -0.25) is 4.79 Å². The Morgan fingerprint density at radius 3 is 2.48 bits per heavy atom. The summed E-state index contributed by atoms with van der Waals surface area (Å²) < 4.78 is 42.6. The van der Waals surface area contributed by atoms with Crippen LogP contribution in [0.4, 0.5) is 20.3 Å². The van der Waals surface area contributed by atoms with Gasteiger partial charge in [-0.15, -0.1) is 0 Å². The predicted molar refractivity (Wildman–Crippen MR) is 182 cm³/mol. The molecule has 3 aromatic carbocycles. The molecular weight excluding hydrogens is 646 g/mol. The van der Waals surface area contributed by atoms with Gasteiger partial charge in [-0.25, -0.2) is 18.4 Å². The first-order chi connectivity index (χ1) is 24.3. The fourth-order valence-electron chi connectivity index (χ4n) is 5.92. The fourth-order valence-corrected chi connectivity index (χ4v) is 5.92. The second kappa shape index (κ2) is 13.8. The molecule has 254 valence electrons. The number of pyridine rings is 2. The zero-order valence-electron chi connectivity index (χ0n) is 26.9. The number of anilines is 2. The molecule has 3 aromatic heterocycles. The lowest BCUT2D eigenvalue weighted by molar-refractivity contribution is -0.595. The molecule has 0 atom stereocenters. The van der Waals surface area contributed by atoms with Crippen LogP contribution in [0.5, 0.6) is 17.2 Å². The van der Waals surface area contributed by atoms with Crippen LogP contribution in [0.15, 0.2) is 97.2 Å². The van der Waals surface area contributed by atoms with E-state index in [1.54, 1.807) is 24.1 Å². The monoisotopic (exact) mass is 678 g/mol. The van der Waals surface area contributed by atoms with Crippen molar-refractivity contribution in [3.05, 3.63) is 125 Å². The molecule has 1 aliphatic rings. The standard InChI is InChI=1S/C37H32F2N6O5/c1-49-28-12-5-23(6-13-28)22-44-35-34(36(42-44)43-19-16-27(46)17-20-43)33(15-18-40-35)50-32-14-11-26(21-29(32)39)41-37(47)31-4-2-3-30(45(31)48)24-7-9-25(38)10-8-24/h2-15,18,21,27,46H,16-17,19-20,22H2,1H3,(H,41,47). The predicted octanol–water partition coefficient (Wildman–Crippen LogP) is 6.07. The maximum absolute atomic E-state index is 15.6. The van der Waals surface area contributed by atoms with E-state index in [0.717, 1.165) is 17.4 Å². The number of rotatable bonds is 9. The third kappa shape index (κ3) is 6.63. The van der Waals surface area contributed by atoms with Crippen LogP contribution in [0.1, 0.15) is 28.9 Å². The van der Waals surface area contributed by atoms with E-state index in [2.05, 4.69) is 15.2 Å². The van der Waals surface area contributed by atoms with Crippen molar-refractivity contribution in [2.45, 2.75) is 25.5 Å². The van der Waals surface area contributed by atoms with Gasteiger partial charge in [0.15, 0.2) is 23.0 Å². The maximum atomic E-state index is 15.6. The summed E-state index contributed by atoms with van der Waals surface area (Å²) in [7, 11) is 1.61. The molecule has 6 aromatic rings. The van der Waals surface area contributed by atoms with Gasteiger partial charge in [-0.1, -0.05) is 12.1 Å². The van der Waals surface area contributed by atoms with Crippen LogP contribution < -0.4 is 24.4 Å². The largest absolute Gasteiger partial charge is 0.618 e. The second-order valence-electron chi connectivity index (χ2n) is 11.9. The summed E-state index contributed by atoms with van der Waals surface area (Å²) in [6, 6.07) is 22.9. The van der Waals surface area contributed by atoms with Crippen molar-refractivity contribution in [3.63, 3.8) is 0 Å². The van der Waals surface area contributed by atoms with Gasteiger partial charge in [-0.2, -0.15) is 9.83 Å². The molecule has 2 N–H and O–H groups in total. The number of nitrogens with one attached hydrogen (secondary N) is 1. The zero-order chi connectivity index (χ0) is 34.8. The number of aliphatic hydroxyl groups is 1. The van der Waals surface area contributed by atoms with E-state index < -0.39 is 23.6 Å². The molecule has 0 unspecified atom stereocenters. The number of carbonyl (C=O) groups excluding carboxylic acids is 1. The number of nitrogens with zero attached hydrogens (tertiary/aromatic N) is 5. The van der Waals surface area contributed by atoms with E-state index in [4.69, 9.17) is 14.6 Å². The number of ether oxygens (including phenoxy) is 2. The number of halogens is 2. The van der Waals surface area contributed by atoms with Crippen molar-refractivity contribution in [2.75, 3.05) is 30.4 Å². The number of aliphatic hydroxyl groups excluding tert-OH is 1. The van der Waals surface area contributed by atoms with Crippen molar-refractivity contribution in [1.82, 2.24) is 14.8 Å². The summed E-state index contributed by atoms with van der Waals surface area (Å²) in [6.07, 6.45) is 2.33. The smallest absolute Gasteiger partial charge is 0.321 e. The summed E-state index contributed by atoms with van der Waals surface area (Å²) in [5.74, 6) is -0.386. The molecule has 4 heterocycles. The Bertz CT molecular complexity index is 2170. The van der Waals surface area contributed by atoms with E-state index >= 15 is 4.39 Å². The number of carbonyl (C=O) groups is 1.